The van der Waals surface area contributed by atoms with Crippen LogP contribution in [0.15, 0.2) is 122 Å². The number of alkyl halides is 1. The van der Waals surface area contributed by atoms with Crippen LogP contribution in [0.25, 0.3) is 0 Å². The number of nitrogens with one attached hydrogen (secondary N) is 1. The highest BCUT2D eigenvalue weighted by molar-refractivity contribution is 9.09. The number of carbonyl (C=O) groups excluding carboxylic acids is 4. The minimum atomic E-state index is -1.31. The number of para-hydroxylation sites is 2. The van der Waals surface area contributed by atoms with Crippen LogP contribution in [0.4, 0.5) is 11.4 Å². The number of rotatable bonds is 19. The van der Waals surface area contributed by atoms with E-state index < -0.39 is 35.7 Å². The molecule has 396 valence electrons. The Balaban J connectivity index is 0.000000167. The van der Waals surface area contributed by atoms with Gasteiger partial charge in [0.05, 0.1) is 47.6 Å². The summed E-state index contributed by atoms with van der Waals surface area (Å²) in [5, 5.41) is 34.9. The zero-order valence-electron chi connectivity index (χ0n) is 43.0. The van der Waals surface area contributed by atoms with Crippen molar-refractivity contribution in [3.05, 3.63) is 166 Å². The van der Waals surface area contributed by atoms with Crippen LogP contribution in [0, 0.1) is 0 Å². The van der Waals surface area contributed by atoms with Gasteiger partial charge >= 0.3 is 11.9 Å². The molecule has 6 heterocycles. The van der Waals surface area contributed by atoms with Crippen molar-refractivity contribution in [1.82, 2.24) is 19.6 Å². The lowest BCUT2D eigenvalue weighted by Gasteiger charge is -2.28. The number of aromatic nitrogens is 4. The molecule has 75 heavy (non-hydrogen) atoms. The maximum Gasteiger partial charge on any atom is 0.338 e. The summed E-state index contributed by atoms with van der Waals surface area (Å²) in [5.41, 5.74) is 5.26. The van der Waals surface area contributed by atoms with E-state index in [2.05, 4.69) is 45.3 Å². The zero-order valence-corrected chi connectivity index (χ0v) is 44.6. The van der Waals surface area contributed by atoms with E-state index in [0.29, 0.717) is 35.1 Å². The molecule has 6 atom stereocenters. The zero-order chi connectivity index (χ0) is 53.1. The number of benzene rings is 4. The molecular weight excluding hydrogens is 1020 g/mol. The molecular formula is C58H67BrN6O10. The van der Waals surface area contributed by atoms with E-state index in [-0.39, 0.29) is 49.8 Å². The van der Waals surface area contributed by atoms with Crippen molar-refractivity contribution in [3.63, 3.8) is 0 Å². The number of fused-ring (bicyclic) bond motifs is 6. The summed E-state index contributed by atoms with van der Waals surface area (Å²) in [7, 11) is 0. The third kappa shape index (κ3) is 12.0. The first-order chi connectivity index (χ1) is 36.4. The van der Waals surface area contributed by atoms with Crippen LogP contribution in [-0.4, -0.2) is 103 Å². The molecule has 4 aliphatic rings. The van der Waals surface area contributed by atoms with E-state index in [9.17, 15) is 29.4 Å². The molecule has 0 spiro atoms. The summed E-state index contributed by atoms with van der Waals surface area (Å²) in [5.74, 6) is -0.757. The number of esters is 2. The Morgan fingerprint density at radius 1 is 0.653 bits per heavy atom. The summed E-state index contributed by atoms with van der Waals surface area (Å²) >= 11 is 3.21. The SMILES string of the molecule is CCCCc1cnn(CC)c1C(=O)CBr.CCCCc1cnn(CC)c1C(=O)CN1c2ccccc2[C@]2(O)C[C@@H](COC(=O)c3ccccc3)OC12.O=C(OC[C@@H]1C[C@@]2(O)c3ccccc3NC2O1)c1ccccc1. The third-order valence-electron chi connectivity index (χ3n) is 14.0. The minimum Gasteiger partial charge on any atom is -0.459 e. The Kier molecular flexibility index (Phi) is 18.2. The summed E-state index contributed by atoms with van der Waals surface area (Å²) < 4.78 is 26.4. The molecule has 4 aliphatic heterocycles. The molecule has 0 saturated carbocycles. The van der Waals surface area contributed by atoms with Gasteiger partial charge in [0.15, 0.2) is 24.0 Å². The average Bonchev–Trinajstić information content (AvgIpc) is 4.29. The Morgan fingerprint density at radius 3 is 1.69 bits per heavy atom. The standard InChI is InChI=1S/C29H33N3O5.C18H17NO4.C11H17BrN2O/c1-3-5-11-21-17-30-32(4-2)26(21)25(33)18-31-24-15-10-9-14-23(24)29(35)16-22(37-28(29)31)19-36-27(34)20-12-7-6-8-13-20;20-16(12-6-2-1-3-7-12)22-11-13-10-18(21)14-8-4-5-9-15(14)19-17(18)23-13;1-3-5-6-9-8-13-14(4-2)11(9)10(15)7-12/h6-10,12-15,17,22,28,35H,3-5,11,16,18-19H2,1-2H3;1-9,13,17,19,21H,10-11H2;8H,3-7H2,1-2H3/t22-,28?,29+;13-,17?,18+;/m00./s1. The molecule has 17 heteroatoms. The molecule has 3 N–H and O–H groups in total. The van der Waals surface area contributed by atoms with Gasteiger partial charge in [-0.2, -0.15) is 10.2 Å². The van der Waals surface area contributed by atoms with Crippen molar-refractivity contribution in [2.24, 2.45) is 0 Å². The normalized spacial score (nSPS) is 21.6. The number of hydrogen-bond donors (Lipinski definition) is 3. The van der Waals surface area contributed by atoms with E-state index in [1.165, 1.54) is 0 Å². The lowest BCUT2D eigenvalue weighted by molar-refractivity contribution is -0.0496. The number of aryl methyl sites for hydroxylation is 4. The van der Waals surface area contributed by atoms with E-state index >= 15 is 0 Å². The fourth-order valence-electron chi connectivity index (χ4n) is 10.3. The molecule has 2 aromatic heterocycles. The fraction of sp³-hybridized carbons (Fsp3) is 0.414. The van der Waals surface area contributed by atoms with Gasteiger partial charge in [-0.05, 0) is 75.9 Å². The number of ketones is 2. The van der Waals surface area contributed by atoms with Crippen LogP contribution in [-0.2, 0) is 56.1 Å². The highest BCUT2D eigenvalue weighted by Gasteiger charge is 2.58. The molecule has 6 aromatic rings. The van der Waals surface area contributed by atoms with Crippen LogP contribution in [0.1, 0.15) is 130 Å². The largest absolute Gasteiger partial charge is 0.459 e. The predicted octanol–water partition coefficient (Wildman–Crippen LogP) is 9.20. The summed E-state index contributed by atoms with van der Waals surface area (Å²) in [6.07, 6.45) is 8.19. The average molecular weight is 1090 g/mol. The van der Waals surface area contributed by atoms with E-state index in [4.69, 9.17) is 18.9 Å². The summed E-state index contributed by atoms with van der Waals surface area (Å²) in [6.45, 7) is 9.78. The van der Waals surface area contributed by atoms with Gasteiger partial charge in [-0.25, -0.2) is 9.59 Å². The van der Waals surface area contributed by atoms with Gasteiger partial charge < -0.3 is 39.4 Å². The van der Waals surface area contributed by atoms with Crippen molar-refractivity contribution in [1.29, 1.82) is 0 Å². The topological polar surface area (TPSA) is 197 Å². The molecule has 4 aromatic carbocycles. The van der Waals surface area contributed by atoms with Crippen LogP contribution < -0.4 is 10.2 Å². The number of anilines is 2. The van der Waals surface area contributed by atoms with Crippen molar-refractivity contribution < 1.29 is 48.3 Å². The van der Waals surface area contributed by atoms with Gasteiger partial charge in [-0.15, -0.1) is 0 Å². The number of nitrogens with zero attached hydrogens (tertiary/aromatic N) is 5. The van der Waals surface area contributed by atoms with Crippen molar-refractivity contribution >= 4 is 50.8 Å². The predicted molar refractivity (Wildman–Crippen MR) is 287 cm³/mol. The number of Topliss-reactive ketones (excluding diaryl/α,β-unsaturated/α-hetero) is 2. The minimum absolute atomic E-state index is 0.0141. The molecule has 0 radical (unpaired) electrons. The number of halogens is 1. The Bertz CT molecular complexity index is 2910. The molecule has 0 amide bonds. The number of carbonyl (C=O) groups is 4. The Hall–Kier alpha value is -6.50. The Labute approximate surface area is 446 Å². The Morgan fingerprint density at radius 2 is 1.15 bits per heavy atom. The molecule has 2 fully saturated rings. The maximum absolute atomic E-state index is 13.7. The number of aliphatic hydroxyl groups is 2. The monoisotopic (exact) mass is 1090 g/mol. The van der Waals surface area contributed by atoms with Gasteiger partial charge in [0.1, 0.15) is 35.8 Å². The van der Waals surface area contributed by atoms with Crippen LogP contribution in [0.5, 0.6) is 0 Å². The molecule has 2 unspecified atom stereocenters. The second kappa shape index (κ2) is 24.9. The van der Waals surface area contributed by atoms with Gasteiger partial charge in [-0.3, -0.25) is 19.0 Å². The number of unbranched alkanes of at least 4 members (excludes halogenated alkanes) is 2. The molecule has 10 rings (SSSR count). The van der Waals surface area contributed by atoms with Crippen LogP contribution in [0.2, 0.25) is 0 Å². The third-order valence-corrected chi connectivity index (χ3v) is 14.5. The highest BCUT2D eigenvalue weighted by atomic mass is 79.9. The molecule has 0 bridgehead atoms. The van der Waals surface area contributed by atoms with Gasteiger partial charge in [0.25, 0.3) is 0 Å². The van der Waals surface area contributed by atoms with Crippen molar-refractivity contribution in [2.45, 2.75) is 128 Å². The second-order valence-corrected chi connectivity index (χ2v) is 19.7. The quantitative estimate of drug-likeness (QED) is 0.0394. The smallest absolute Gasteiger partial charge is 0.338 e. The number of hydrogen-bond acceptors (Lipinski definition) is 14. The van der Waals surface area contributed by atoms with Crippen molar-refractivity contribution in [3.8, 4) is 0 Å². The van der Waals surface area contributed by atoms with E-state index in [1.807, 2.05) is 85.6 Å². The van der Waals surface area contributed by atoms with E-state index in [1.54, 1.807) is 64.1 Å². The first-order valence-corrected chi connectivity index (χ1v) is 27.1. The van der Waals surface area contributed by atoms with Crippen LogP contribution >= 0.6 is 15.9 Å². The van der Waals surface area contributed by atoms with Gasteiger partial charge in [-0.1, -0.05) is 115 Å². The summed E-state index contributed by atoms with van der Waals surface area (Å²) in [6, 6.07) is 32.8. The molecule has 2 saturated heterocycles. The second-order valence-electron chi connectivity index (χ2n) is 19.1. The molecule has 16 nitrogen and oxygen atoms in total. The molecule has 0 aliphatic carbocycles. The lowest BCUT2D eigenvalue weighted by Crippen LogP contribution is -2.44. The van der Waals surface area contributed by atoms with Gasteiger partial charge in [0.2, 0.25) is 0 Å². The first kappa shape index (κ1) is 54.8. The highest BCUT2D eigenvalue weighted by Crippen LogP contribution is 2.51. The van der Waals surface area contributed by atoms with E-state index in [0.717, 1.165) is 84.4 Å². The number of ether oxygens (including phenoxy) is 4. The maximum atomic E-state index is 13.7. The van der Waals surface area contributed by atoms with Crippen molar-refractivity contribution in [2.75, 3.05) is 35.3 Å². The van der Waals surface area contributed by atoms with Gasteiger partial charge in [0, 0.05) is 59.6 Å². The fourth-order valence-corrected chi connectivity index (χ4v) is 10.6. The summed E-state index contributed by atoms with van der Waals surface area (Å²) in [4.78, 5) is 51.6. The lowest BCUT2D eigenvalue weighted by atomic mass is 9.91. The van der Waals surface area contributed by atoms with Crippen LogP contribution in [0.3, 0.4) is 0 Å². The first-order valence-electron chi connectivity index (χ1n) is 26.0.